The Morgan fingerprint density at radius 2 is 1.74 bits per heavy atom. The number of hydroxylamine groups is 1. The fourth-order valence-electron chi connectivity index (χ4n) is 2.81. The lowest BCUT2D eigenvalue weighted by Crippen LogP contribution is -2.41. The molecule has 1 aliphatic rings. The van der Waals surface area contributed by atoms with Gasteiger partial charge in [-0.15, -0.1) is 5.48 Å². The summed E-state index contributed by atoms with van der Waals surface area (Å²) in [5, 5.41) is 5.46. The van der Waals surface area contributed by atoms with Crippen LogP contribution in [0.15, 0.2) is 48.5 Å². The molecule has 0 saturated heterocycles. The van der Waals surface area contributed by atoms with E-state index in [4.69, 9.17) is 10.6 Å². The predicted octanol–water partition coefficient (Wildman–Crippen LogP) is 1.28. The Morgan fingerprint density at radius 3 is 2.32 bits per heavy atom. The van der Waals surface area contributed by atoms with Gasteiger partial charge < -0.3 is 21.2 Å². The summed E-state index contributed by atoms with van der Waals surface area (Å²) in [5.41, 5.74) is 8.70. The van der Waals surface area contributed by atoms with Crippen molar-refractivity contribution in [2.75, 3.05) is 5.32 Å². The number of carbonyl (C=O) groups excluding carboxylic acids is 3. The van der Waals surface area contributed by atoms with Gasteiger partial charge in [0.05, 0.1) is 6.42 Å². The molecule has 162 valence electrons. The quantitative estimate of drug-likeness (QED) is 0.546. The number of primary amides is 1. The number of aromatic nitrogens is 2. The van der Waals surface area contributed by atoms with E-state index >= 15 is 0 Å². The van der Waals surface area contributed by atoms with Crippen LogP contribution in [0.5, 0.6) is 0 Å². The zero-order valence-electron chi connectivity index (χ0n) is 17.4. The zero-order chi connectivity index (χ0) is 22.6. The first-order chi connectivity index (χ1) is 14.6. The van der Waals surface area contributed by atoms with Gasteiger partial charge in [0.25, 0.3) is 11.8 Å². The predicted molar refractivity (Wildman–Crippen MR) is 112 cm³/mol. The Kier molecular flexibility index (Phi) is 6.30. The van der Waals surface area contributed by atoms with Crippen molar-refractivity contribution in [1.82, 2.24) is 20.8 Å². The van der Waals surface area contributed by atoms with Gasteiger partial charge in [0.2, 0.25) is 5.91 Å². The molecule has 0 fully saturated rings. The zero-order valence-corrected chi connectivity index (χ0v) is 17.4. The number of carbonyl (C=O) groups is 3. The van der Waals surface area contributed by atoms with E-state index in [1.54, 1.807) is 24.3 Å². The van der Waals surface area contributed by atoms with Crippen molar-refractivity contribution in [3.63, 3.8) is 0 Å². The van der Waals surface area contributed by atoms with Gasteiger partial charge in [-0.1, -0.05) is 32.9 Å². The van der Waals surface area contributed by atoms with Crippen LogP contribution >= 0.6 is 0 Å². The standard InChI is InChI=1S/C21H24N6O4/c1-21(2,3)14-11-15(27-31-14)26-16(28)10-12-4-6-13(7-5-12)25-20(30)18-17(19(22)29)23-8-9-24-18/h4-9,11,15,27H,10H2,1-3H3,(H2,22,29)(H,25,30)(H,26,28). The largest absolute Gasteiger partial charge is 0.410 e. The third kappa shape index (κ3) is 5.64. The van der Waals surface area contributed by atoms with Crippen molar-refractivity contribution in [3.05, 3.63) is 65.4 Å². The summed E-state index contributed by atoms with van der Waals surface area (Å²) in [6.07, 6.45) is 4.17. The smallest absolute Gasteiger partial charge is 0.276 e. The third-order valence-corrected chi connectivity index (χ3v) is 4.39. The van der Waals surface area contributed by atoms with Crippen LogP contribution in [0.25, 0.3) is 0 Å². The fraction of sp³-hybridized carbons (Fsp3) is 0.286. The highest BCUT2D eigenvalue weighted by Crippen LogP contribution is 2.28. The molecular formula is C21H24N6O4. The summed E-state index contributed by atoms with van der Waals surface area (Å²) in [7, 11) is 0. The molecule has 2 heterocycles. The maximum absolute atomic E-state index is 12.4. The van der Waals surface area contributed by atoms with Gasteiger partial charge in [-0.3, -0.25) is 14.4 Å². The third-order valence-electron chi connectivity index (χ3n) is 4.39. The Balaban J connectivity index is 1.57. The molecule has 1 aliphatic heterocycles. The van der Waals surface area contributed by atoms with E-state index < -0.39 is 18.0 Å². The summed E-state index contributed by atoms with van der Waals surface area (Å²) in [4.78, 5) is 49.2. The maximum atomic E-state index is 12.4. The van der Waals surface area contributed by atoms with Crippen molar-refractivity contribution in [3.8, 4) is 0 Å². The monoisotopic (exact) mass is 424 g/mol. The van der Waals surface area contributed by atoms with Crippen molar-refractivity contribution in [2.24, 2.45) is 11.1 Å². The number of allylic oxidation sites excluding steroid dienone is 1. The van der Waals surface area contributed by atoms with E-state index in [9.17, 15) is 14.4 Å². The van der Waals surface area contributed by atoms with Crippen LogP contribution in [0.2, 0.25) is 0 Å². The molecule has 0 aliphatic carbocycles. The maximum Gasteiger partial charge on any atom is 0.276 e. The van der Waals surface area contributed by atoms with E-state index in [0.29, 0.717) is 5.69 Å². The van der Waals surface area contributed by atoms with E-state index in [1.807, 2.05) is 26.8 Å². The van der Waals surface area contributed by atoms with Gasteiger partial charge in [-0.05, 0) is 23.8 Å². The minimum Gasteiger partial charge on any atom is -0.410 e. The van der Waals surface area contributed by atoms with Gasteiger partial charge in [0.1, 0.15) is 11.9 Å². The molecule has 5 N–H and O–H groups in total. The summed E-state index contributed by atoms with van der Waals surface area (Å²) in [6.45, 7) is 6.05. The molecule has 0 saturated carbocycles. The number of hydrogen-bond donors (Lipinski definition) is 4. The lowest BCUT2D eigenvalue weighted by molar-refractivity contribution is -0.121. The Labute approximate surface area is 179 Å². The molecule has 3 rings (SSSR count). The minimum atomic E-state index is -0.841. The molecule has 1 aromatic heterocycles. The Morgan fingerprint density at radius 1 is 1.10 bits per heavy atom. The molecule has 0 bridgehead atoms. The number of nitrogens with zero attached hydrogens (tertiary/aromatic N) is 2. The van der Waals surface area contributed by atoms with E-state index in [1.165, 1.54) is 12.4 Å². The van der Waals surface area contributed by atoms with Crippen LogP contribution in [0, 0.1) is 5.41 Å². The summed E-state index contributed by atoms with van der Waals surface area (Å²) < 4.78 is 0. The van der Waals surface area contributed by atoms with Gasteiger partial charge in [-0.25, -0.2) is 9.97 Å². The van der Waals surface area contributed by atoms with Gasteiger partial charge >= 0.3 is 0 Å². The van der Waals surface area contributed by atoms with Crippen LogP contribution in [-0.4, -0.2) is 33.9 Å². The average Bonchev–Trinajstić information content (AvgIpc) is 3.18. The Bertz CT molecular complexity index is 1030. The molecule has 0 spiro atoms. The van der Waals surface area contributed by atoms with E-state index in [0.717, 1.165) is 11.3 Å². The number of benzene rings is 1. The van der Waals surface area contributed by atoms with Gasteiger partial charge in [0.15, 0.2) is 11.4 Å². The Hall–Kier alpha value is -3.79. The normalized spacial score (nSPS) is 15.6. The molecule has 1 aromatic carbocycles. The topological polar surface area (TPSA) is 148 Å². The molecule has 31 heavy (non-hydrogen) atoms. The first kappa shape index (κ1) is 21.9. The first-order valence-corrected chi connectivity index (χ1v) is 9.58. The van der Waals surface area contributed by atoms with Crippen molar-refractivity contribution in [2.45, 2.75) is 33.4 Å². The molecule has 10 nitrogen and oxygen atoms in total. The molecule has 2 aromatic rings. The minimum absolute atomic E-state index is 0.154. The average molecular weight is 424 g/mol. The number of amides is 3. The number of nitrogens with two attached hydrogens (primary N) is 1. The molecule has 3 amide bonds. The van der Waals surface area contributed by atoms with Gasteiger partial charge in [-0.2, -0.15) is 0 Å². The molecular weight excluding hydrogens is 400 g/mol. The number of rotatable bonds is 6. The number of hydrogen-bond acceptors (Lipinski definition) is 7. The van der Waals surface area contributed by atoms with Crippen LogP contribution < -0.4 is 21.8 Å². The van der Waals surface area contributed by atoms with E-state index in [-0.39, 0.29) is 29.1 Å². The van der Waals surface area contributed by atoms with E-state index in [2.05, 4.69) is 26.1 Å². The molecule has 0 radical (unpaired) electrons. The van der Waals surface area contributed by atoms with Crippen LogP contribution in [0.1, 0.15) is 47.3 Å². The molecule has 1 unspecified atom stereocenters. The second-order valence-electron chi connectivity index (χ2n) is 7.99. The van der Waals surface area contributed by atoms with Crippen LogP contribution in [0.4, 0.5) is 5.69 Å². The van der Waals surface area contributed by atoms with Crippen molar-refractivity contribution in [1.29, 1.82) is 0 Å². The number of nitrogens with one attached hydrogen (secondary N) is 3. The summed E-state index contributed by atoms with van der Waals surface area (Å²) in [5.74, 6) is -0.872. The number of anilines is 1. The second-order valence-corrected chi connectivity index (χ2v) is 7.99. The van der Waals surface area contributed by atoms with Gasteiger partial charge in [0, 0.05) is 23.5 Å². The SMILES string of the molecule is CC(C)(C)C1=CC(NC(=O)Cc2ccc(NC(=O)c3nccnc3C(N)=O)cc2)NO1. The lowest BCUT2D eigenvalue weighted by atomic mass is 9.93. The highest BCUT2D eigenvalue weighted by atomic mass is 16.7. The molecule has 10 heteroatoms. The first-order valence-electron chi connectivity index (χ1n) is 9.58. The highest BCUT2D eigenvalue weighted by molar-refractivity contribution is 6.09. The summed E-state index contributed by atoms with van der Waals surface area (Å²) >= 11 is 0. The van der Waals surface area contributed by atoms with Crippen LogP contribution in [-0.2, 0) is 16.1 Å². The van der Waals surface area contributed by atoms with Crippen molar-refractivity contribution >= 4 is 23.4 Å². The summed E-state index contributed by atoms with van der Waals surface area (Å²) in [6, 6.07) is 6.73. The fourth-order valence-corrected chi connectivity index (χ4v) is 2.81. The highest BCUT2D eigenvalue weighted by Gasteiger charge is 2.27. The van der Waals surface area contributed by atoms with Crippen LogP contribution in [0.3, 0.4) is 0 Å². The molecule has 1 atom stereocenters. The van der Waals surface area contributed by atoms with Crippen molar-refractivity contribution < 1.29 is 19.2 Å². The lowest BCUT2D eigenvalue weighted by Gasteiger charge is -2.17. The second kappa shape index (κ2) is 8.92.